The van der Waals surface area contributed by atoms with Crippen molar-refractivity contribution in [3.05, 3.63) is 12.7 Å². The van der Waals surface area contributed by atoms with Gasteiger partial charge < -0.3 is 4.74 Å². The zero-order chi connectivity index (χ0) is 4.99. The average molecular weight is 88.1 g/mol. The highest BCUT2D eigenvalue weighted by molar-refractivity contribution is 5.80. The molecular formula is C4H6O2. The van der Waals surface area contributed by atoms with Crippen molar-refractivity contribution in [1.29, 1.82) is 0 Å². The smallest absolute Gasteiger partial charge is 0.329 e. The molecular weight excluding hydrogens is 82.0 g/mol. The molecule has 0 aromatic heterocycles. The number of carbonyl (C=O) groups excluding carboxylic acids is 1. The maximum atomic E-state index is 9.84. The van der Waals surface area contributed by atoms with Crippen LogP contribution in [0.4, 0.5) is 0 Å². The normalized spacial score (nSPS) is 6.83. The van der Waals surface area contributed by atoms with Gasteiger partial charge in [0.25, 0.3) is 0 Å². The minimum atomic E-state index is -0.394. The van der Waals surface area contributed by atoms with Gasteiger partial charge in [-0.3, -0.25) is 0 Å². The van der Waals surface area contributed by atoms with Gasteiger partial charge in [-0.1, -0.05) is 6.58 Å². The van der Waals surface area contributed by atoms with Gasteiger partial charge in [0, 0.05) is 6.08 Å². The molecule has 0 aliphatic rings. The van der Waals surface area contributed by atoms with Gasteiger partial charge in [-0.25, -0.2) is 4.79 Å². The lowest BCUT2D eigenvalue weighted by atomic mass is 11.1. The van der Waals surface area contributed by atoms with Gasteiger partial charge >= 0.3 is 5.97 Å². The van der Waals surface area contributed by atoms with Crippen LogP contribution in [0.3, 0.4) is 0 Å². The molecule has 0 aromatic rings. The maximum Gasteiger partial charge on any atom is 0.329 e. The fourth-order valence-electron chi connectivity index (χ4n) is 0.0833. The molecule has 0 rings (SSSR count). The lowest BCUT2D eigenvalue weighted by Crippen LogP contribution is -1.91. The minimum Gasteiger partial charge on any atom is -0.466 e. The Kier molecular flexibility index (Phi) is 2.13. The van der Waals surface area contributed by atoms with Crippen molar-refractivity contribution in [3.63, 3.8) is 0 Å². The van der Waals surface area contributed by atoms with Gasteiger partial charge in [-0.15, -0.1) is 0 Å². The van der Waals surface area contributed by atoms with Crippen LogP contribution in [0.25, 0.3) is 0 Å². The summed E-state index contributed by atoms with van der Waals surface area (Å²) in [6, 6.07) is 0. The standard InChI is InChI=1S/C4H6O2/c1-3-4(5)6-2/h3H,1H2,2H3/i4+2. The maximum absolute atomic E-state index is 9.84. The first-order valence-electron chi connectivity index (χ1n) is 1.51. The second kappa shape index (κ2) is 2.45. The highest BCUT2D eigenvalue weighted by Gasteiger charge is 1.81. The van der Waals surface area contributed by atoms with Crippen LogP contribution in [-0.4, -0.2) is 13.1 Å². The third-order valence-electron chi connectivity index (χ3n) is 0.368. The summed E-state index contributed by atoms with van der Waals surface area (Å²) in [6.45, 7) is 3.16. The first-order valence-corrected chi connectivity index (χ1v) is 1.51. The van der Waals surface area contributed by atoms with E-state index in [1.54, 1.807) is 0 Å². The van der Waals surface area contributed by atoms with E-state index in [1.807, 2.05) is 0 Å². The lowest BCUT2D eigenvalue weighted by molar-refractivity contribution is -0.134. The fraction of sp³-hybridized carbons (Fsp3) is 0.250. The Morgan fingerprint density at radius 2 is 2.50 bits per heavy atom. The third-order valence-corrected chi connectivity index (χ3v) is 0.368. The van der Waals surface area contributed by atoms with Crippen molar-refractivity contribution in [3.8, 4) is 0 Å². The summed E-state index contributed by atoms with van der Waals surface area (Å²) in [5.41, 5.74) is 0. The number of hydrogen-bond donors (Lipinski definition) is 0. The molecule has 0 bridgehead atoms. The molecule has 2 heteroatoms. The average Bonchev–Trinajstić information content (AvgIpc) is 1.65. The quantitative estimate of drug-likeness (QED) is 0.341. The Hall–Kier alpha value is -0.790. The van der Waals surface area contributed by atoms with Crippen LogP contribution in [0.2, 0.25) is 0 Å². The zero-order valence-corrected chi connectivity index (χ0v) is 3.60. The Bertz CT molecular complexity index is 65.9. The van der Waals surface area contributed by atoms with Gasteiger partial charge in [0.05, 0.1) is 7.11 Å². The van der Waals surface area contributed by atoms with Crippen molar-refractivity contribution < 1.29 is 9.53 Å². The van der Waals surface area contributed by atoms with Gasteiger partial charge in [0.1, 0.15) is 0 Å². The van der Waals surface area contributed by atoms with Crippen molar-refractivity contribution in [2.75, 3.05) is 7.11 Å². The van der Waals surface area contributed by atoms with Crippen LogP contribution >= 0.6 is 0 Å². The largest absolute Gasteiger partial charge is 0.466 e. The number of ether oxygens (including phenoxy) is 1. The molecule has 0 heterocycles. The van der Waals surface area contributed by atoms with Crippen LogP contribution in [0.1, 0.15) is 0 Å². The van der Waals surface area contributed by atoms with E-state index in [9.17, 15) is 4.79 Å². The first-order chi connectivity index (χ1) is 2.81. The molecule has 0 radical (unpaired) electrons. The molecule has 0 spiro atoms. The van der Waals surface area contributed by atoms with Crippen LogP contribution in [-0.2, 0) is 9.53 Å². The number of rotatable bonds is 1. The van der Waals surface area contributed by atoms with E-state index in [4.69, 9.17) is 0 Å². The number of esters is 1. The number of hydrogen-bond acceptors (Lipinski definition) is 2. The Balaban J connectivity index is 3.23. The van der Waals surface area contributed by atoms with E-state index in [0.29, 0.717) is 0 Å². The van der Waals surface area contributed by atoms with Gasteiger partial charge in [-0.05, 0) is 0 Å². The highest BCUT2D eigenvalue weighted by atomic mass is 16.7. The van der Waals surface area contributed by atoms with E-state index >= 15 is 0 Å². The molecule has 34 valence electrons. The molecule has 0 aromatic carbocycles. The number of methoxy groups -OCH3 is 1. The second-order valence-electron chi connectivity index (χ2n) is 0.727. The topological polar surface area (TPSA) is 26.3 Å². The molecule has 0 amide bonds. The predicted molar refractivity (Wildman–Crippen MR) is 22.2 cm³/mol. The molecule has 6 heavy (non-hydrogen) atoms. The van der Waals surface area contributed by atoms with Crippen molar-refractivity contribution in [2.24, 2.45) is 0 Å². The summed E-state index contributed by atoms with van der Waals surface area (Å²) in [6.07, 6.45) is 1.11. The van der Waals surface area contributed by atoms with Crippen LogP contribution < -0.4 is 0 Å². The van der Waals surface area contributed by atoms with Gasteiger partial charge in [-0.2, -0.15) is 0 Å². The molecule has 0 saturated carbocycles. The number of carbonyl (C=O) groups is 1. The van der Waals surface area contributed by atoms with E-state index in [0.717, 1.165) is 6.08 Å². The molecule has 0 saturated heterocycles. The summed E-state index contributed by atoms with van der Waals surface area (Å²) in [5, 5.41) is 0. The van der Waals surface area contributed by atoms with E-state index in [1.165, 1.54) is 7.11 Å². The predicted octanol–water partition coefficient (Wildman–Crippen LogP) is 0.345. The van der Waals surface area contributed by atoms with E-state index in [-0.39, 0.29) is 0 Å². The third kappa shape index (κ3) is 1.52. The van der Waals surface area contributed by atoms with Gasteiger partial charge in [0.2, 0.25) is 0 Å². The van der Waals surface area contributed by atoms with E-state index < -0.39 is 5.97 Å². The molecule has 0 N–H and O–H groups in total. The fourth-order valence-corrected chi connectivity index (χ4v) is 0.0833. The summed E-state index contributed by atoms with van der Waals surface area (Å²) in [4.78, 5) is 9.84. The molecule has 0 atom stereocenters. The Morgan fingerprint density at radius 3 is 2.50 bits per heavy atom. The molecule has 2 nitrogen and oxygen atoms in total. The molecule has 0 fully saturated rings. The van der Waals surface area contributed by atoms with Crippen LogP contribution in [0, 0.1) is 0 Å². The minimum absolute atomic E-state index is 0.394. The SMILES string of the molecule is C=C[14C](=O)OC. The molecule has 0 unspecified atom stereocenters. The zero-order valence-electron chi connectivity index (χ0n) is 3.60. The highest BCUT2D eigenvalue weighted by Crippen LogP contribution is 1.67. The second-order valence-corrected chi connectivity index (χ2v) is 0.727. The molecule has 0 aliphatic heterocycles. The van der Waals surface area contributed by atoms with Crippen LogP contribution in [0.15, 0.2) is 12.7 Å². The summed E-state index contributed by atoms with van der Waals surface area (Å²) in [7, 11) is 1.31. The van der Waals surface area contributed by atoms with Crippen molar-refractivity contribution in [2.45, 2.75) is 0 Å². The summed E-state index contributed by atoms with van der Waals surface area (Å²) in [5.74, 6) is -0.394. The summed E-state index contributed by atoms with van der Waals surface area (Å²) < 4.78 is 4.14. The van der Waals surface area contributed by atoms with Crippen molar-refractivity contribution in [1.82, 2.24) is 0 Å². The van der Waals surface area contributed by atoms with E-state index in [2.05, 4.69) is 11.3 Å². The van der Waals surface area contributed by atoms with Crippen LogP contribution in [0.5, 0.6) is 0 Å². The Labute approximate surface area is 36.4 Å². The molecule has 0 aliphatic carbocycles. The summed E-state index contributed by atoms with van der Waals surface area (Å²) >= 11 is 0. The lowest BCUT2D eigenvalue weighted by Gasteiger charge is -1.83. The van der Waals surface area contributed by atoms with Gasteiger partial charge in [0.15, 0.2) is 0 Å². The van der Waals surface area contributed by atoms with Crippen molar-refractivity contribution >= 4 is 5.97 Å². The first kappa shape index (κ1) is 5.21. The monoisotopic (exact) mass is 88.0 g/mol. The Morgan fingerprint density at radius 1 is 2.00 bits per heavy atom.